The molecule has 0 aromatic carbocycles. The van der Waals surface area contributed by atoms with Crippen molar-refractivity contribution in [3.63, 3.8) is 0 Å². The van der Waals surface area contributed by atoms with Gasteiger partial charge in [0, 0.05) is 6.61 Å². The summed E-state index contributed by atoms with van der Waals surface area (Å²) < 4.78 is 114. The average Bonchev–Trinajstić information content (AvgIpc) is 3.20. The quantitative estimate of drug-likeness (QED) is 0.201. The van der Waals surface area contributed by atoms with Crippen LogP contribution in [0.4, 0.5) is 35.1 Å². The molecule has 0 N–H and O–H groups in total. The molecule has 4 saturated carbocycles. The first-order valence-corrected chi connectivity index (χ1v) is 14.7. The van der Waals surface area contributed by atoms with Gasteiger partial charge < -0.3 is 9.47 Å². The molecule has 4 aliphatic carbocycles. The van der Waals surface area contributed by atoms with Crippen molar-refractivity contribution in [3.05, 3.63) is 0 Å². The summed E-state index contributed by atoms with van der Waals surface area (Å²) in [6.07, 6.45) is -1.81. The average molecular weight is 577 g/mol. The largest absolute Gasteiger partial charge is 0.429 e. The first kappa shape index (κ1) is 31.3. The van der Waals surface area contributed by atoms with E-state index in [0.29, 0.717) is 36.0 Å². The molecule has 0 saturated heterocycles. The number of fused-ring (bicyclic) bond motifs is 5. The highest BCUT2D eigenvalue weighted by atomic mass is 19.4. The minimum Gasteiger partial charge on any atom is -0.356 e. The summed E-state index contributed by atoms with van der Waals surface area (Å²) in [6, 6.07) is 0. The number of rotatable bonds is 9. The standard InChI is InChI=1S/C29H44F8O2/c1-18(5-4-14-39-27(16-30,28(32,33)34)29(35,36)37)22-8-9-23-21-7-6-19-15-20(38-17-31)10-12-25(19,2)24(21)11-13-26(22,23)3/h18-24H,4-17H2,1-3H3. The van der Waals surface area contributed by atoms with Crippen molar-refractivity contribution in [1.29, 1.82) is 0 Å². The van der Waals surface area contributed by atoms with Crippen molar-refractivity contribution in [2.75, 3.05) is 20.1 Å². The van der Waals surface area contributed by atoms with Crippen LogP contribution in [0.5, 0.6) is 0 Å². The van der Waals surface area contributed by atoms with Crippen molar-refractivity contribution in [2.24, 2.45) is 46.3 Å². The Morgan fingerprint density at radius 1 is 0.821 bits per heavy atom. The molecule has 10 heteroatoms. The van der Waals surface area contributed by atoms with Crippen LogP contribution in [0, 0.1) is 46.3 Å². The number of ether oxygens (including phenoxy) is 2. The van der Waals surface area contributed by atoms with Crippen molar-refractivity contribution < 1.29 is 44.6 Å². The predicted octanol–water partition coefficient (Wildman–Crippen LogP) is 9.22. The van der Waals surface area contributed by atoms with Crippen molar-refractivity contribution in [3.8, 4) is 0 Å². The summed E-state index contributed by atoms with van der Waals surface area (Å²) in [5.74, 6) is 2.83. The fraction of sp³-hybridized carbons (Fsp3) is 1.00. The molecule has 0 spiro atoms. The fourth-order valence-corrected chi connectivity index (χ4v) is 9.80. The first-order valence-electron chi connectivity index (χ1n) is 14.7. The Hall–Kier alpha value is -0.640. The predicted molar refractivity (Wildman–Crippen MR) is 131 cm³/mol. The Morgan fingerprint density at radius 2 is 1.46 bits per heavy atom. The zero-order chi connectivity index (χ0) is 28.9. The van der Waals surface area contributed by atoms with Crippen LogP contribution < -0.4 is 0 Å². The van der Waals surface area contributed by atoms with Crippen LogP contribution in [0.2, 0.25) is 0 Å². The number of hydrogen-bond acceptors (Lipinski definition) is 2. The number of halogens is 8. The van der Waals surface area contributed by atoms with Gasteiger partial charge in [-0.2, -0.15) is 26.3 Å². The van der Waals surface area contributed by atoms with Crippen LogP contribution in [-0.4, -0.2) is 44.2 Å². The van der Waals surface area contributed by atoms with E-state index in [1.165, 1.54) is 0 Å². The monoisotopic (exact) mass is 576 g/mol. The van der Waals surface area contributed by atoms with Gasteiger partial charge in [0.1, 0.15) is 6.67 Å². The van der Waals surface area contributed by atoms with Gasteiger partial charge in [0.05, 0.1) is 6.10 Å². The molecule has 0 aromatic rings. The second-order valence-corrected chi connectivity index (χ2v) is 13.5. The van der Waals surface area contributed by atoms with Gasteiger partial charge in [-0.25, -0.2) is 8.78 Å². The molecule has 0 radical (unpaired) electrons. The van der Waals surface area contributed by atoms with Gasteiger partial charge in [0.15, 0.2) is 6.86 Å². The summed E-state index contributed by atoms with van der Waals surface area (Å²) in [7, 11) is 0. The molecular weight excluding hydrogens is 532 g/mol. The molecule has 0 bridgehead atoms. The van der Waals surface area contributed by atoms with Gasteiger partial charge in [0.2, 0.25) is 0 Å². The van der Waals surface area contributed by atoms with E-state index in [0.717, 1.165) is 57.8 Å². The Morgan fingerprint density at radius 3 is 2.08 bits per heavy atom. The third-order valence-electron chi connectivity index (χ3n) is 11.9. The van der Waals surface area contributed by atoms with Crippen LogP contribution in [0.15, 0.2) is 0 Å². The highest BCUT2D eigenvalue weighted by Gasteiger charge is 2.73. The van der Waals surface area contributed by atoms with E-state index in [-0.39, 0.29) is 29.3 Å². The minimum absolute atomic E-state index is 0.0141. The Bertz CT molecular complexity index is 817. The molecule has 9 unspecified atom stereocenters. The molecule has 39 heavy (non-hydrogen) atoms. The van der Waals surface area contributed by atoms with Crippen LogP contribution in [-0.2, 0) is 9.47 Å². The van der Waals surface area contributed by atoms with E-state index in [2.05, 4.69) is 18.6 Å². The van der Waals surface area contributed by atoms with E-state index in [1.54, 1.807) is 0 Å². The van der Waals surface area contributed by atoms with Crippen molar-refractivity contribution in [1.82, 2.24) is 0 Å². The van der Waals surface area contributed by atoms with Gasteiger partial charge in [-0.15, -0.1) is 0 Å². The zero-order valence-corrected chi connectivity index (χ0v) is 23.3. The summed E-state index contributed by atoms with van der Waals surface area (Å²) in [5.41, 5.74) is -4.43. The molecule has 0 heterocycles. The van der Waals surface area contributed by atoms with Gasteiger partial charge in [-0.1, -0.05) is 20.8 Å². The van der Waals surface area contributed by atoms with E-state index in [1.807, 2.05) is 6.92 Å². The third kappa shape index (κ3) is 5.36. The molecule has 4 aliphatic rings. The summed E-state index contributed by atoms with van der Waals surface area (Å²) in [4.78, 5) is 0. The van der Waals surface area contributed by atoms with Gasteiger partial charge in [-0.05, 0) is 117 Å². The second-order valence-electron chi connectivity index (χ2n) is 13.5. The summed E-state index contributed by atoms with van der Waals surface area (Å²) in [6.45, 7) is 2.61. The Labute approximate surface area is 226 Å². The maximum absolute atomic E-state index is 13.2. The van der Waals surface area contributed by atoms with Crippen LogP contribution in [0.1, 0.15) is 91.4 Å². The maximum atomic E-state index is 13.2. The van der Waals surface area contributed by atoms with E-state index >= 15 is 0 Å². The lowest BCUT2D eigenvalue weighted by molar-refractivity contribution is -0.383. The van der Waals surface area contributed by atoms with Gasteiger partial charge in [-0.3, -0.25) is 0 Å². The smallest absolute Gasteiger partial charge is 0.356 e. The van der Waals surface area contributed by atoms with E-state index in [4.69, 9.17) is 4.74 Å². The van der Waals surface area contributed by atoms with Gasteiger partial charge >= 0.3 is 12.4 Å². The molecular formula is C29H44F8O2. The molecule has 0 amide bonds. The van der Waals surface area contributed by atoms with E-state index in [9.17, 15) is 35.1 Å². The lowest BCUT2D eigenvalue weighted by atomic mass is 9.44. The molecule has 4 fully saturated rings. The molecule has 9 atom stereocenters. The minimum atomic E-state index is -5.88. The first-order chi connectivity index (χ1) is 18.1. The SMILES string of the molecule is CC(CCCOC(CF)(C(F)(F)F)C(F)(F)F)C1CCC2C3CCC4CC(OCF)CCC4(C)C3CCC12C. The normalized spacial score (nSPS) is 40.1. The van der Waals surface area contributed by atoms with Crippen LogP contribution in [0.25, 0.3) is 0 Å². The molecule has 0 aromatic heterocycles. The molecule has 0 aliphatic heterocycles. The number of hydrogen-bond donors (Lipinski definition) is 0. The van der Waals surface area contributed by atoms with Gasteiger partial charge in [0.25, 0.3) is 5.60 Å². The Kier molecular flexibility index (Phi) is 9.00. The summed E-state index contributed by atoms with van der Waals surface area (Å²) >= 11 is 0. The lowest BCUT2D eigenvalue weighted by Gasteiger charge is -2.61. The second kappa shape index (κ2) is 11.2. The molecule has 4 rings (SSSR count). The highest BCUT2D eigenvalue weighted by molar-refractivity contribution is 5.09. The van der Waals surface area contributed by atoms with E-state index < -0.39 is 38.1 Å². The molecule has 228 valence electrons. The van der Waals surface area contributed by atoms with Crippen LogP contribution >= 0.6 is 0 Å². The zero-order valence-electron chi connectivity index (χ0n) is 23.3. The Balaban J connectivity index is 1.36. The molecule has 2 nitrogen and oxygen atoms in total. The fourth-order valence-electron chi connectivity index (χ4n) is 9.80. The van der Waals surface area contributed by atoms with Crippen molar-refractivity contribution >= 4 is 0 Å². The lowest BCUT2D eigenvalue weighted by Crippen LogP contribution is -2.60. The third-order valence-corrected chi connectivity index (χ3v) is 11.9. The highest BCUT2D eigenvalue weighted by Crippen LogP contribution is 2.68. The van der Waals surface area contributed by atoms with Crippen LogP contribution in [0.3, 0.4) is 0 Å². The van der Waals surface area contributed by atoms with Crippen molar-refractivity contribution in [2.45, 2.75) is 115 Å². The topological polar surface area (TPSA) is 18.5 Å². The maximum Gasteiger partial charge on any atom is 0.429 e. The number of alkyl halides is 8. The summed E-state index contributed by atoms with van der Waals surface area (Å²) in [5, 5.41) is 0.